The SMILES string of the molecule is CC(=O)N1CCCN(Cc2ccc(F)cc2)CCN(CC(=O)Nc2ccc(N3CCCCC3)cc2)Cc2ccccc21. The molecule has 8 heteroatoms. The number of rotatable bonds is 6. The molecule has 0 saturated carbocycles. The van der Waals surface area contributed by atoms with E-state index in [4.69, 9.17) is 0 Å². The van der Waals surface area contributed by atoms with Gasteiger partial charge in [-0.3, -0.25) is 19.4 Å². The van der Waals surface area contributed by atoms with Gasteiger partial charge < -0.3 is 15.1 Å². The second-order valence-electron chi connectivity index (χ2n) is 11.4. The Bertz CT molecular complexity index is 1320. The van der Waals surface area contributed by atoms with Crippen molar-refractivity contribution in [3.05, 3.63) is 89.7 Å². The Morgan fingerprint density at radius 3 is 2.21 bits per heavy atom. The summed E-state index contributed by atoms with van der Waals surface area (Å²) in [5.74, 6) is -0.310. The van der Waals surface area contributed by atoms with E-state index >= 15 is 0 Å². The van der Waals surface area contributed by atoms with E-state index in [9.17, 15) is 14.0 Å². The topological polar surface area (TPSA) is 59.1 Å². The molecule has 0 bridgehead atoms. The summed E-state index contributed by atoms with van der Waals surface area (Å²) in [6, 6.07) is 22.8. The van der Waals surface area contributed by atoms with Crippen molar-refractivity contribution in [3.8, 4) is 0 Å². The monoisotopic (exact) mass is 571 g/mol. The number of piperidine rings is 1. The number of amides is 2. The molecule has 2 aliphatic rings. The summed E-state index contributed by atoms with van der Waals surface area (Å²) >= 11 is 0. The van der Waals surface area contributed by atoms with Crippen molar-refractivity contribution in [2.24, 2.45) is 0 Å². The molecule has 2 heterocycles. The van der Waals surface area contributed by atoms with Crippen LogP contribution in [0.4, 0.5) is 21.5 Å². The molecule has 222 valence electrons. The quantitative estimate of drug-likeness (QED) is 0.423. The zero-order valence-corrected chi connectivity index (χ0v) is 24.6. The third-order valence-corrected chi connectivity index (χ3v) is 8.20. The Morgan fingerprint density at radius 1 is 0.762 bits per heavy atom. The number of anilines is 3. The number of benzene rings is 3. The van der Waals surface area contributed by atoms with E-state index in [1.807, 2.05) is 53.4 Å². The molecule has 2 aliphatic heterocycles. The average Bonchev–Trinajstić information content (AvgIpc) is 3.03. The molecule has 0 aliphatic carbocycles. The van der Waals surface area contributed by atoms with Gasteiger partial charge in [-0.15, -0.1) is 0 Å². The normalized spacial score (nSPS) is 17.3. The van der Waals surface area contributed by atoms with Gasteiger partial charge in [0.2, 0.25) is 11.8 Å². The van der Waals surface area contributed by atoms with E-state index in [0.29, 0.717) is 26.2 Å². The fourth-order valence-corrected chi connectivity index (χ4v) is 5.97. The zero-order valence-electron chi connectivity index (χ0n) is 24.6. The number of halogens is 1. The molecule has 0 atom stereocenters. The number of nitrogens with one attached hydrogen (secondary N) is 1. The van der Waals surface area contributed by atoms with Crippen LogP contribution in [0.2, 0.25) is 0 Å². The van der Waals surface area contributed by atoms with E-state index in [1.165, 1.54) is 37.1 Å². The van der Waals surface area contributed by atoms with E-state index < -0.39 is 0 Å². The van der Waals surface area contributed by atoms with Gasteiger partial charge in [-0.05, 0) is 79.3 Å². The number of hydrogen-bond donors (Lipinski definition) is 1. The summed E-state index contributed by atoms with van der Waals surface area (Å²) in [5, 5.41) is 3.09. The number of hydrogen-bond acceptors (Lipinski definition) is 5. The van der Waals surface area contributed by atoms with Gasteiger partial charge in [-0.1, -0.05) is 30.3 Å². The van der Waals surface area contributed by atoms with Crippen LogP contribution in [0.15, 0.2) is 72.8 Å². The van der Waals surface area contributed by atoms with Gasteiger partial charge >= 0.3 is 0 Å². The van der Waals surface area contributed by atoms with Gasteiger partial charge in [0.15, 0.2) is 0 Å². The number of carbonyl (C=O) groups excluding carboxylic acids is 2. The second kappa shape index (κ2) is 14.4. The fourth-order valence-electron chi connectivity index (χ4n) is 5.97. The van der Waals surface area contributed by atoms with Gasteiger partial charge in [0.05, 0.1) is 6.54 Å². The minimum Gasteiger partial charge on any atom is -0.372 e. The van der Waals surface area contributed by atoms with Crippen molar-refractivity contribution >= 4 is 28.9 Å². The molecule has 1 fully saturated rings. The highest BCUT2D eigenvalue weighted by Gasteiger charge is 2.21. The molecule has 5 rings (SSSR count). The summed E-state index contributed by atoms with van der Waals surface area (Å²) in [4.78, 5) is 34.7. The van der Waals surface area contributed by atoms with Crippen LogP contribution in [0, 0.1) is 5.82 Å². The maximum atomic E-state index is 13.5. The minimum absolute atomic E-state index is 0.00377. The largest absolute Gasteiger partial charge is 0.372 e. The lowest BCUT2D eigenvalue weighted by Crippen LogP contribution is -2.39. The van der Waals surface area contributed by atoms with Crippen molar-refractivity contribution in [1.82, 2.24) is 9.80 Å². The first-order valence-corrected chi connectivity index (χ1v) is 15.1. The van der Waals surface area contributed by atoms with Gasteiger partial charge in [0.25, 0.3) is 0 Å². The lowest BCUT2D eigenvalue weighted by Gasteiger charge is -2.29. The number of para-hydroxylation sites is 1. The van der Waals surface area contributed by atoms with E-state index in [-0.39, 0.29) is 24.2 Å². The van der Waals surface area contributed by atoms with Crippen LogP contribution in [-0.4, -0.2) is 67.4 Å². The Morgan fingerprint density at radius 2 is 1.48 bits per heavy atom. The van der Waals surface area contributed by atoms with Crippen LogP contribution in [0.3, 0.4) is 0 Å². The van der Waals surface area contributed by atoms with Crippen LogP contribution in [-0.2, 0) is 22.7 Å². The Hall–Kier alpha value is -3.75. The Labute approximate surface area is 248 Å². The summed E-state index contributed by atoms with van der Waals surface area (Å²) in [5.41, 5.74) is 4.96. The van der Waals surface area contributed by atoms with Gasteiger partial charge in [0.1, 0.15) is 5.82 Å². The molecule has 42 heavy (non-hydrogen) atoms. The summed E-state index contributed by atoms with van der Waals surface area (Å²) in [7, 11) is 0. The summed E-state index contributed by atoms with van der Waals surface area (Å²) in [6.07, 6.45) is 4.55. The van der Waals surface area contributed by atoms with E-state index in [1.54, 1.807) is 6.92 Å². The third-order valence-electron chi connectivity index (χ3n) is 8.20. The van der Waals surface area contributed by atoms with E-state index in [2.05, 4.69) is 32.1 Å². The third kappa shape index (κ3) is 8.17. The number of carbonyl (C=O) groups is 2. The summed E-state index contributed by atoms with van der Waals surface area (Å²) in [6.45, 7) is 8.05. The van der Waals surface area contributed by atoms with Crippen LogP contribution < -0.4 is 15.1 Å². The predicted octanol–water partition coefficient (Wildman–Crippen LogP) is 5.52. The van der Waals surface area contributed by atoms with Gasteiger partial charge in [-0.2, -0.15) is 0 Å². The maximum absolute atomic E-state index is 13.5. The van der Waals surface area contributed by atoms with Crippen molar-refractivity contribution < 1.29 is 14.0 Å². The highest BCUT2D eigenvalue weighted by molar-refractivity contribution is 5.93. The molecule has 3 aromatic carbocycles. The molecule has 0 aromatic heterocycles. The highest BCUT2D eigenvalue weighted by atomic mass is 19.1. The number of fused-ring (bicyclic) bond motifs is 1. The Balaban J connectivity index is 1.30. The smallest absolute Gasteiger partial charge is 0.238 e. The van der Waals surface area contributed by atoms with Crippen molar-refractivity contribution in [3.63, 3.8) is 0 Å². The first-order valence-electron chi connectivity index (χ1n) is 15.1. The van der Waals surface area contributed by atoms with Crippen molar-refractivity contribution in [1.29, 1.82) is 0 Å². The lowest BCUT2D eigenvalue weighted by molar-refractivity contribution is -0.118. The standard InChI is InChI=1S/C34H42FN5O2/c1-27(41)40-21-7-18-37(24-28-10-12-30(35)13-11-28)22-23-38(25-29-8-3-4-9-33(29)40)26-34(42)36-31-14-16-32(17-15-31)39-19-5-2-6-20-39/h3-4,8-17H,2,5-7,18-26H2,1H3,(H,36,42). The molecule has 2 amide bonds. The van der Waals surface area contributed by atoms with Crippen LogP contribution >= 0.6 is 0 Å². The van der Waals surface area contributed by atoms with Gasteiger partial charge in [0, 0.05) is 76.3 Å². The first-order chi connectivity index (χ1) is 20.4. The molecule has 0 radical (unpaired) electrons. The fraction of sp³-hybridized carbons (Fsp3) is 0.412. The predicted molar refractivity (Wildman–Crippen MR) is 167 cm³/mol. The minimum atomic E-state index is -0.246. The molecule has 1 N–H and O–H groups in total. The second-order valence-corrected chi connectivity index (χ2v) is 11.4. The molecule has 0 spiro atoms. The maximum Gasteiger partial charge on any atom is 0.238 e. The molecule has 3 aromatic rings. The number of nitrogens with zero attached hydrogens (tertiary/aromatic N) is 4. The van der Waals surface area contributed by atoms with E-state index in [0.717, 1.165) is 55.1 Å². The van der Waals surface area contributed by atoms with Gasteiger partial charge in [-0.25, -0.2) is 4.39 Å². The highest BCUT2D eigenvalue weighted by Crippen LogP contribution is 2.25. The first kappa shape index (κ1) is 29.7. The zero-order chi connectivity index (χ0) is 29.3. The van der Waals surface area contributed by atoms with Crippen LogP contribution in [0.5, 0.6) is 0 Å². The van der Waals surface area contributed by atoms with Crippen molar-refractivity contribution in [2.75, 3.05) is 60.9 Å². The molecular formula is C34H42FN5O2. The van der Waals surface area contributed by atoms with Crippen molar-refractivity contribution in [2.45, 2.75) is 45.7 Å². The molecular weight excluding hydrogens is 529 g/mol. The van der Waals surface area contributed by atoms with Crippen LogP contribution in [0.25, 0.3) is 0 Å². The lowest BCUT2D eigenvalue weighted by atomic mass is 10.1. The molecule has 7 nitrogen and oxygen atoms in total. The molecule has 1 saturated heterocycles. The molecule has 0 unspecified atom stereocenters. The van der Waals surface area contributed by atoms with Crippen LogP contribution in [0.1, 0.15) is 43.7 Å². The average molecular weight is 572 g/mol. The summed E-state index contributed by atoms with van der Waals surface area (Å²) < 4.78 is 13.5. The Kier molecular flexibility index (Phi) is 10.2.